The van der Waals surface area contributed by atoms with Crippen LogP contribution in [0.4, 0.5) is 0 Å². The maximum atomic E-state index is 11.9. The van der Waals surface area contributed by atoms with Crippen LogP contribution >= 0.6 is 0 Å². The molecule has 17 heavy (non-hydrogen) atoms. The highest BCUT2D eigenvalue weighted by molar-refractivity contribution is 5.81. The fourth-order valence-electron chi connectivity index (χ4n) is 2.10. The van der Waals surface area contributed by atoms with E-state index in [9.17, 15) is 4.79 Å². The maximum Gasteiger partial charge on any atom is 0.237 e. The first-order chi connectivity index (χ1) is 8.00. The van der Waals surface area contributed by atoms with Gasteiger partial charge in [0.1, 0.15) is 0 Å². The average molecular weight is 241 g/mol. The summed E-state index contributed by atoms with van der Waals surface area (Å²) >= 11 is 0. The van der Waals surface area contributed by atoms with E-state index >= 15 is 0 Å². The Hall–Kier alpha value is -0.610. The Bertz CT molecular complexity index is 235. The summed E-state index contributed by atoms with van der Waals surface area (Å²) in [5.74, 6) is 0.791. The van der Waals surface area contributed by atoms with Crippen molar-refractivity contribution in [2.75, 3.05) is 19.6 Å². The van der Waals surface area contributed by atoms with E-state index in [4.69, 9.17) is 5.73 Å². The van der Waals surface area contributed by atoms with E-state index in [1.54, 1.807) is 0 Å². The van der Waals surface area contributed by atoms with Crippen LogP contribution in [0.1, 0.15) is 40.0 Å². The van der Waals surface area contributed by atoms with Gasteiger partial charge >= 0.3 is 0 Å². The number of carbonyl (C=O) groups excluding carboxylic acids is 1. The lowest BCUT2D eigenvalue weighted by atomic mass is 10.0. The van der Waals surface area contributed by atoms with E-state index in [2.05, 4.69) is 24.1 Å². The average Bonchev–Trinajstić information content (AvgIpc) is 2.28. The number of nitrogens with two attached hydrogens (primary N) is 1. The summed E-state index contributed by atoms with van der Waals surface area (Å²) in [5.41, 5.74) is 5.86. The molecular weight excluding hydrogens is 214 g/mol. The molecule has 4 nitrogen and oxygen atoms in total. The van der Waals surface area contributed by atoms with Crippen molar-refractivity contribution in [2.45, 2.75) is 52.1 Å². The molecule has 1 amide bonds. The number of hydrogen-bond donors (Lipinski definition) is 2. The van der Waals surface area contributed by atoms with Gasteiger partial charge in [0, 0.05) is 25.7 Å². The van der Waals surface area contributed by atoms with Gasteiger partial charge in [0.25, 0.3) is 0 Å². The van der Waals surface area contributed by atoms with Crippen molar-refractivity contribution in [1.29, 1.82) is 0 Å². The lowest BCUT2D eigenvalue weighted by molar-refractivity contribution is -0.126. The molecule has 100 valence electrons. The molecule has 1 unspecified atom stereocenters. The van der Waals surface area contributed by atoms with Gasteiger partial charge in [-0.25, -0.2) is 0 Å². The molecule has 4 heteroatoms. The van der Waals surface area contributed by atoms with E-state index in [-0.39, 0.29) is 11.9 Å². The van der Waals surface area contributed by atoms with E-state index in [0.29, 0.717) is 12.0 Å². The second-order valence-corrected chi connectivity index (χ2v) is 5.52. The van der Waals surface area contributed by atoms with Crippen molar-refractivity contribution >= 4 is 5.91 Å². The molecule has 1 atom stereocenters. The number of rotatable bonds is 5. The molecule has 1 heterocycles. The van der Waals surface area contributed by atoms with Crippen LogP contribution in [0.5, 0.6) is 0 Å². The molecule has 0 aromatic rings. The molecule has 1 aliphatic rings. The van der Waals surface area contributed by atoms with Crippen molar-refractivity contribution < 1.29 is 4.79 Å². The van der Waals surface area contributed by atoms with Crippen LogP contribution in [0, 0.1) is 5.92 Å². The van der Waals surface area contributed by atoms with Gasteiger partial charge in [0.05, 0.1) is 6.04 Å². The summed E-state index contributed by atoms with van der Waals surface area (Å²) in [6.45, 7) is 9.00. The number of carbonyl (C=O) groups is 1. The van der Waals surface area contributed by atoms with Gasteiger partial charge in [-0.05, 0) is 32.1 Å². The van der Waals surface area contributed by atoms with Crippen molar-refractivity contribution in [2.24, 2.45) is 11.7 Å². The number of nitrogens with zero attached hydrogens (tertiary/aromatic N) is 1. The molecule has 0 saturated carbocycles. The zero-order valence-electron chi connectivity index (χ0n) is 11.4. The summed E-state index contributed by atoms with van der Waals surface area (Å²) in [6, 6.07) is 0.303. The van der Waals surface area contributed by atoms with Crippen molar-refractivity contribution in [3.8, 4) is 0 Å². The molecule has 1 aliphatic heterocycles. The van der Waals surface area contributed by atoms with Gasteiger partial charge in [-0.1, -0.05) is 13.8 Å². The van der Waals surface area contributed by atoms with Crippen molar-refractivity contribution in [1.82, 2.24) is 10.2 Å². The van der Waals surface area contributed by atoms with Gasteiger partial charge in [0.15, 0.2) is 0 Å². The summed E-state index contributed by atoms with van der Waals surface area (Å²) in [4.78, 5) is 14.2. The summed E-state index contributed by atoms with van der Waals surface area (Å²) < 4.78 is 0. The Morgan fingerprint density at radius 1 is 1.35 bits per heavy atom. The number of nitrogens with one attached hydrogen (secondary N) is 1. The SMILES string of the molecule is CC(C)CCNC(=O)C(C)N1CCC(N)CC1. The molecule has 3 N–H and O–H groups in total. The fourth-order valence-corrected chi connectivity index (χ4v) is 2.10. The lowest BCUT2D eigenvalue weighted by Crippen LogP contribution is -2.50. The van der Waals surface area contributed by atoms with Crippen LogP contribution in [0.2, 0.25) is 0 Å². The normalized spacial score (nSPS) is 20.5. The third-order valence-corrected chi connectivity index (χ3v) is 3.52. The molecule has 0 radical (unpaired) electrons. The second kappa shape index (κ2) is 6.97. The number of amides is 1. The lowest BCUT2D eigenvalue weighted by Gasteiger charge is -2.34. The minimum absolute atomic E-state index is 0.0188. The smallest absolute Gasteiger partial charge is 0.237 e. The summed E-state index contributed by atoms with van der Waals surface area (Å²) in [6.07, 6.45) is 3.05. The first kappa shape index (κ1) is 14.5. The minimum Gasteiger partial charge on any atom is -0.355 e. The summed E-state index contributed by atoms with van der Waals surface area (Å²) in [5, 5.41) is 3.01. The second-order valence-electron chi connectivity index (χ2n) is 5.52. The van der Waals surface area contributed by atoms with Crippen LogP contribution in [-0.2, 0) is 4.79 Å². The Labute approximate surface area is 105 Å². The van der Waals surface area contributed by atoms with Gasteiger partial charge in [-0.2, -0.15) is 0 Å². The zero-order chi connectivity index (χ0) is 12.8. The van der Waals surface area contributed by atoms with Crippen molar-refractivity contribution in [3.05, 3.63) is 0 Å². The number of hydrogen-bond acceptors (Lipinski definition) is 3. The zero-order valence-corrected chi connectivity index (χ0v) is 11.4. The largest absolute Gasteiger partial charge is 0.355 e. The molecule has 1 fully saturated rings. The molecule has 1 saturated heterocycles. The Morgan fingerprint density at radius 2 is 1.94 bits per heavy atom. The van der Waals surface area contributed by atoms with Crippen LogP contribution in [0.25, 0.3) is 0 Å². The molecule has 0 aromatic heterocycles. The minimum atomic E-state index is -0.0188. The molecule has 0 aliphatic carbocycles. The van der Waals surface area contributed by atoms with Crippen molar-refractivity contribution in [3.63, 3.8) is 0 Å². The third-order valence-electron chi connectivity index (χ3n) is 3.52. The van der Waals surface area contributed by atoms with Gasteiger partial charge in [-0.15, -0.1) is 0 Å². The molecule has 0 aromatic carbocycles. The number of likely N-dealkylation sites (tertiary alicyclic amines) is 1. The van der Waals surface area contributed by atoms with Crippen LogP contribution in [0.15, 0.2) is 0 Å². The Kier molecular flexibility index (Phi) is 5.92. The number of piperidine rings is 1. The van der Waals surface area contributed by atoms with E-state index in [1.165, 1.54) is 0 Å². The Morgan fingerprint density at radius 3 is 2.47 bits per heavy atom. The molecular formula is C13H27N3O. The molecule has 1 rings (SSSR count). The van der Waals surface area contributed by atoms with E-state index in [1.807, 2.05) is 6.92 Å². The topological polar surface area (TPSA) is 58.4 Å². The van der Waals surface area contributed by atoms with E-state index in [0.717, 1.165) is 38.9 Å². The summed E-state index contributed by atoms with van der Waals surface area (Å²) in [7, 11) is 0. The van der Waals surface area contributed by atoms with Crippen LogP contribution in [0.3, 0.4) is 0 Å². The first-order valence-electron chi connectivity index (χ1n) is 6.78. The fraction of sp³-hybridized carbons (Fsp3) is 0.923. The standard InChI is InChI=1S/C13H27N3O/c1-10(2)4-7-15-13(17)11(3)16-8-5-12(14)6-9-16/h10-12H,4-9,14H2,1-3H3,(H,15,17). The quantitative estimate of drug-likeness (QED) is 0.754. The highest BCUT2D eigenvalue weighted by atomic mass is 16.2. The third kappa shape index (κ3) is 5.04. The van der Waals surface area contributed by atoms with E-state index < -0.39 is 0 Å². The molecule has 0 bridgehead atoms. The predicted octanol–water partition coefficient (Wildman–Crippen LogP) is 0.960. The first-order valence-corrected chi connectivity index (χ1v) is 6.78. The highest BCUT2D eigenvalue weighted by Gasteiger charge is 2.24. The van der Waals surface area contributed by atoms with Gasteiger partial charge < -0.3 is 11.1 Å². The monoisotopic (exact) mass is 241 g/mol. The predicted molar refractivity (Wildman–Crippen MR) is 70.7 cm³/mol. The maximum absolute atomic E-state index is 11.9. The highest BCUT2D eigenvalue weighted by Crippen LogP contribution is 2.11. The van der Waals surface area contributed by atoms with Crippen LogP contribution in [-0.4, -0.2) is 42.5 Å². The van der Waals surface area contributed by atoms with Gasteiger partial charge in [-0.3, -0.25) is 9.69 Å². The Balaban J connectivity index is 2.26. The van der Waals surface area contributed by atoms with Crippen LogP contribution < -0.4 is 11.1 Å². The molecule has 0 spiro atoms. The van der Waals surface area contributed by atoms with Gasteiger partial charge in [0.2, 0.25) is 5.91 Å².